The van der Waals surface area contributed by atoms with Crippen molar-refractivity contribution in [3.63, 3.8) is 0 Å². The van der Waals surface area contributed by atoms with Crippen LogP contribution in [0, 0.1) is 6.92 Å². The Morgan fingerprint density at radius 2 is 2.00 bits per heavy atom. The van der Waals surface area contributed by atoms with E-state index in [1.807, 2.05) is 18.3 Å². The zero-order valence-corrected chi connectivity index (χ0v) is 11.4. The summed E-state index contributed by atoms with van der Waals surface area (Å²) in [6.45, 7) is 2.10. The molecule has 0 saturated heterocycles. The molecule has 0 aliphatic rings. The van der Waals surface area contributed by atoms with Crippen LogP contribution < -0.4 is 11.3 Å². The maximum atomic E-state index is 5.77. The molecule has 0 spiro atoms. The molecule has 0 fully saturated rings. The number of nitrogens with zero attached hydrogens (tertiary/aromatic N) is 1. The van der Waals surface area contributed by atoms with Crippen LogP contribution in [0.5, 0.6) is 0 Å². The van der Waals surface area contributed by atoms with Crippen molar-refractivity contribution in [2.75, 3.05) is 0 Å². The van der Waals surface area contributed by atoms with Crippen LogP contribution >= 0.6 is 11.3 Å². The number of rotatable bonds is 3. The molecule has 0 saturated carbocycles. The molecule has 1 atom stereocenters. The largest absolute Gasteiger partial charge is 0.271 e. The lowest BCUT2D eigenvalue weighted by Crippen LogP contribution is -2.28. The highest BCUT2D eigenvalue weighted by atomic mass is 32.1. The van der Waals surface area contributed by atoms with Crippen molar-refractivity contribution in [3.05, 3.63) is 64.0 Å². The number of fused-ring (bicyclic) bond motifs is 1. The van der Waals surface area contributed by atoms with Crippen molar-refractivity contribution in [1.29, 1.82) is 0 Å². The number of benzene rings is 1. The normalized spacial score (nSPS) is 12.7. The van der Waals surface area contributed by atoms with Crippen molar-refractivity contribution >= 4 is 22.2 Å². The molecule has 0 amide bonds. The summed E-state index contributed by atoms with van der Waals surface area (Å²) in [6.07, 6.45) is 1.82. The maximum absolute atomic E-state index is 5.77. The minimum Gasteiger partial charge on any atom is -0.271 e. The lowest BCUT2D eigenvalue weighted by Gasteiger charge is -2.16. The highest BCUT2D eigenvalue weighted by molar-refractivity contribution is 7.12. The molecule has 3 aromatic rings. The quantitative estimate of drug-likeness (QED) is 0.567. The molecule has 0 aliphatic heterocycles. The lowest BCUT2D eigenvalue weighted by molar-refractivity contribution is 0.649. The molecule has 0 bridgehead atoms. The first-order valence-electron chi connectivity index (χ1n) is 6.15. The molecule has 3 rings (SSSR count). The van der Waals surface area contributed by atoms with Gasteiger partial charge in [0, 0.05) is 26.9 Å². The Kier molecular flexibility index (Phi) is 3.29. The van der Waals surface area contributed by atoms with Gasteiger partial charge in [0.15, 0.2) is 0 Å². The van der Waals surface area contributed by atoms with Crippen LogP contribution in [0.15, 0.2) is 48.7 Å². The second-order valence-electron chi connectivity index (χ2n) is 4.47. The van der Waals surface area contributed by atoms with Gasteiger partial charge in [-0.2, -0.15) is 0 Å². The smallest absolute Gasteiger partial charge is 0.0823 e. The van der Waals surface area contributed by atoms with Crippen LogP contribution in [0.2, 0.25) is 0 Å². The summed E-state index contributed by atoms with van der Waals surface area (Å²) in [5.41, 5.74) is 5.02. The van der Waals surface area contributed by atoms with Gasteiger partial charge in [0.1, 0.15) is 0 Å². The van der Waals surface area contributed by atoms with E-state index in [2.05, 4.69) is 47.7 Å². The topological polar surface area (TPSA) is 50.9 Å². The standard InChI is InChI=1S/C15H15N3S/c1-10-7-8-13(19-10)15(18-16)12-6-2-4-11-5-3-9-17-14(11)12/h2-9,15,18H,16H2,1H3. The van der Waals surface area contributed by atoms with Crippen LogP contribution in [-0.4, -0.2) is 4.98 Å². The van der Waals surface area contributed by atoms with Crippen molar-refractivity contribution in [2.45, 2.75) is 13.0 Å². The van der Waals surface area contributed by atoms with Crippen molar-refractivity contribution in [3.8, 4) is 0 Å². The monoisotopic (exact) mass is 269 g/mol. The SMILES string of the molecule is Cc1ccc(C(NN)c2cccc3cccnc23)s1. The molecule has 3 nitrogen and oxygen atoms in total. The van der Waals surface area contributed by atoms with Gasteiger partial charge in [0.25, 0.3) is 0 Å². The number of pyridine rings is 1. The van der Waals surface area contributed by atoms with Crippen molar-refractivity contribution in [1.82, 2.24) is 10.4 Å². The molecule has 3 N–H and O–H groups in total. The summed E-state index contributed by atoms with van der Waals surface area (Å²) < 4.78 is 0. The first-order chi connectivity index (χ1) is 9.29. The Bertz CT molecular complexity index is 700. The Labute approximate surface area is 116 Å². The lowest BCUT2D eigenvalue weighted by atomic mass is 10.0. The fourth-order valence-electron chi connectivity index (χ4n) is 2.29. The third kappa shape index (κ3) is 2.26. The third-order valence-corrected chi connectivity index (χ3v) is 4.25. The van der Waals surface area contributed by atoms with Gasteiger partial charge in [-0.3, -0.25) is 10.8 Å². The van der Waals surface area contributed by atoms with Gasteiger partial charge >= 0.3 is 0 Å². The van der Waals surface area contributed by atoms with E-state index in [-0.39, 0.29) is 6.04 Å². The highest BCUT2D eigenvalue weighted by Gasteiger charge is 2.17. The molecule has 2 aromatic heterocycles. The van der Waals surface area contributed by atoms with Gasteiger partial charge in [-0.25, -0.2) is 5.43 Å². The van der Waals surface area contributed by atoms with Gasteiger partial charge in [-0.15, -0.1) is 11.3 Å². The first kappa shape index (κ1) is 12.3. The second kappa shape index (κ2) is 5.09. The highest BCUT2D eigenvalue weighted by Crippen LogP contribution is 2.31. The second-order valence-corrected chi connectivity index (χ2v) is 5.79. The molecule has 4 heteroatoms. The van der Waals surface area contributed by atoms with Gasteiger partial charge < -0.3 is 0 Å². The average Bonchev–Trinajstić information content (AvgIpc) is 2.86. The zero-order valence-electron chi connectivity index (χ0n) is 10.6. The van der Waals surface area contributed by atoms with Crippen LogP contribution in [0.3, 0.4) is 0 Å². The summed E-state index contributed by atoms with van der Waals surface area (Å²) in [5, 5.41) is 1.13. The molecule has 19 heavy (non-hydrogen) atoms. The number of hydrogen-bond donors (Lipinski definition) is 2. The third-order valence-electron chi connectivity index (χ3n) is 3.19. The number of aryl methyl sites for hydroxylation is 1. The summed E-state index contributed by atoms with van der Waals surface area (Å²) >= 11 is 1.75. The van der Waals surface area contributed by atoms with Crippen LogP contribution in [0.1, 0.15) is 21.4 Å². The van der Waals surface area contributed by atoms with E-state index in [1.54, 1.807) is 11.3 Å². The Morgan fingerprint density at radius 1 is 1.16 bits per heavy atom. The number of nitrogens with one attached hydrogen (secondary N) is 1. The molecular formula is C15H15N3S. The van der Waals surface area contributed by atoms with Gasteiger partial charge in [-0.05, 0) is 25.1 Å². The van der Waals surface area contributed by atoms with E-state index in [4.69, 9.17) is 5.84 Å². The molecule has 1 unspecified atom stereocenters. The Morgan fingerprint density at radius 3 is 2.74 bits per heavy atom. The zero-order chi connectivity index (χ0) is 13.2. The number of hydrazine groups is 1. The number of para-hydroxylation sites is 1. The number of thiophene rings is 1. The fraction of sp³-hybridized carbons (Fsp3) is 0.133. The molecule has 0 radical (unpaired) electrons. The van der Waals surface area contributed by atoms with E-state index >= 15 is 0 Å². The van der Waals surface area contributed by atoms with E-state index in [1.165, 1.54) is 9.75 Å². The van der Waals surface area contributed by atoms with Gasteiger partial charge in [0.2, 0.25) is 0 Å². The van der Waals surface area contributed by atoms with E-state index in [0.717, 1.165) is 16.5 Å². The van der Waals surface area contributed by atoms with Gasteiger partial charge in [0.05, 0.1) is 11.6 Å². The molecule has 1 aromatic carbocycles. The predicted molar refractivity (Wildman–Crippen MR) is 80.0 cm³/mol. The minimum atomic E-state index is -0.0164. The first-order valence-corrected chi connectivity index (χ1v) is 6.97. The summed E-state index contributed by atoms with van der Waals surface area (Å²) in [7, 11) is 0. The van der Waals surface area contributed by atoms with Crippen LogP contribution in [0.4, 0.5) is 0 Å². The van der Waals surface area contributed by atoms with Crippen molar-refractivity contribution in [2.24, 2.45) is 5.84 Å². The number of hydrogen-bond acceptors (Lipinski definition) is 4. The van der Waals surface area contributed by atoms with Crippen LogP contribution in [-0.2, 0) is 0 Å². The maximum Gasteiger partial charge on any atom is 0.0823 e. The predicted octanol–water partition coefficient (Wildman–Crippen LogP) is 3.16. The molecule has 0 aliphatic carbocycles. The average molecular weight is 269 g/mol. The van der Waals surface area contributed by atoms with Gasteiger partial charge in [-0.1, -0.05) is 24.3 Å². The van der Waals surface area contributed by atoms with E-state index in [9.17, 15) is 0 Å². The molecule has 2 heterocycles. The van der Waals surface area contributed by atoms with Crippen LogP contribution in [0.25, 0.3) is 10.9 Å². The summed E-state index contributed by atoms with van der Waals surface area (Å²) in [5.74, 6) is 5.77. The minimum absolute atomic E-state index is 0.0164. The van der Waals surface area contributed by atoms with E-state index in [0.29, 0.717) is 0 Å². The Balaban J connectivity index is 2.16. The Hall–Kier alpha value is -1.75. The molecule has 96 valence electrons. The summed E-state index contributed by atoms with van der Waals surface area (Å²) in [4.78, 5) is 6.98. The molecular weight excluding hydrogens is 254 g/mol. The van der Waals surface area contributed by atoms with E-state index < -0.39 is 0 Å². The number of nitrogens with two attached hydrogens (primary N) is 1. The fourth-order valence-corrected chi connectivity index (χ4v) is 3.25. The number of aromatic nitrogens is 1. The van der Waals surface area contributed by atoms with Crippen molar-refractivity contribution < 1.29 is 0 Å². The summed E-state index contributed by atoms with van der Waals surface area (Å²) in [6, 6.07) is 14.4.